The monoisotopic (exact) mass is 533 g/mol. The highest BCUT2D eigenvalue weighted by Gasteiger charge is 2.24. The Morgan fingerprint density at radius 3 is 2.72 bits per heavy atom. The largest absolute Gasteiger partial charge is 0.370 e. The van der Waals surface area contributed by atoms with Gasteiger partial charge in [-0.1, -0.05) is 6.07 Å². The predicted molar refractivity (Wildman–Crippen MR) is 132 cm³/mol. The molecule has 164 valence electrons. The van der Waals surface area contributed by atoms with Gasteiger partial charge in [0.1, 0.15) is 0 Å². The first-order valence-electron chi connectivity index (χ1n) is 10.7. The normalized spacial score (nSPS) is 21.6. The van der Waals surface area contributed by atoms with Crippen LogP contribution in [-0.2, 0) is 11.3 Å². The predicted octanol–water partition coefficient (Wildman–Crippen LogP) is 3.13. The van der Waals surface area contributed by atoms with Crippen LogP contribution in [0, 0.1) is 11.8 Å². The number of guanidine groups is 1. The van der Waals surface area contributed by atoms with Crippen LogP contribution in [0.5, 0.6) is 0 Å². The third-order valence-corrected chi connectivity index (χ3v) is 6.67. The van der Waals surface area contributed by atoms with Crippen LogP contribution < -0.4 is 11.1 Å². The van der Waals surface area contributed by atoms with Gasteiger partial charge in [0.2, 0.25) is 5.91 Å². The highest BCUT2D eigenvalue weighted by atomic mass is 127. The summed E-state index contributed by atoms with van der Waals surface area (Å²) in [6.45, 7) is 9.20. The molecular formula is C21H36IN5OS. The Kier molecular flexibility index (Phi) is 10.7. The molecule has 0 radical (unpaired) electrons. The standard InChI is InChI=1S/C21H35N5OS.HI/c1-2-23-21(26-9-3-5-18(15-26)13-20(22)27)24-14-17-7-10-25(11-8-17)16-19-6-4-12-28-19;/h4,6,12,17-18H,2-3,5,7-11,13-16H2,1H3,(H2,22,27)(H,23,24);1H. The smallest absolute Gasteiger partial charge is 0.217 e. The summed E-state index contributed by atoms with van der Waals surface area (Å²) >= 11 is 1.85. The van der Waals surface area contributed by atoms with Gasteiger partial charge in [-0.05, 0) is 69.0 Å². The molecule has 1 amide bonds. The minimum atomic E-state index is -0.192. The molecule has 0 bridgehead atoms. The maximum atomic E-state index is 11.3. The second-order valence-corrected chi connectivity index (χ2v) is 9.15. The SMILES string of the molecule is CCNC(=NCC1CCN(Cc2cccs2)CC1)N1CCCC(CC(N)=O)C1.I. The molecule has 0 aromatic carbocycles. The second-order valence-electron chi connectivity index (χ2n) is 8.12. The second kappa shape index (κ2) is 12.7. The molecule has 8 heteroatoms. The van der Waals surface area contributed by atoms with E-state index in [1.807, 2.05) is 11.3 Å². The van der Waals surface area contributed by atoms with Crippen LogP contribution in [0.1, 0.15) is 43.9 Å². The number of hydrogen-bond acceptors (Lipinski definition) is 4. The van der Waals surface area contributed by atoms with E-state index in [0.717, 1.165) is 51.5 Å². The Hall–Kier alpha value is -0.870. The number of halogens is 1. The maximum absolute atomic E-state index is 11.3. The lowest BCUT2D eigenvalue weighted by atomic mass is 9.94. The van der Waals surface area contributed by atoms with E-state index in [1.54, 1.807) is 0 Å². The van der Waals surface area contributed by atoms with Crippen molar-refractivity contribution in [3.8, 4) is 0 Å². The van der Waals surface area contributed by atoms with Gasteiger partial charge in [0.05, 0.1) is 0 Å². The number of aliphatic imine (C=N–C) groups is 1. The molecule has 2 aliphatic rings. The number of nitrogens with two attached hydrogens (primary N) is 1. The zero-order valence-electron chi connectivity index (χ0n) is 17.5. The Balaban J connectivity index is 0.00000300. The van der Waals surface area contributed by atoms with E-state index in [4.69, 9.17) is 10.7 Å². The van der Waals surface area contributed by atoms with Crippen LogP contribution in [0.15, 0.2) is 22.5 Å². The van der Waals surface area contributed by atoms with Gasteiger partial charge in [0.25, 0.3) is 0 Å². The summed E-state index contributed by atoms with van der Waals surface area (Å²) in [4.78, 5) is 22.6. The molecule has 0 aliphatic carbocycles. The van der Waals surface area contributed by atoms with Gasteiger partial charge in [-0.15, -0.1) is 35.3 Å². The average molecular weight is 534 g/mol. The molecule has 2 aliphatic heterocycles. The van der Waals surface area contributed by atoms with Crippen LogP contribution in [0.25, 0.3) is 0 Å². The zero-order valence-corrected chi connectivity index (χ0v) is 20.7. The first-order valence-corrected chi connectivity index (χ1v) is 11.6. The van der Waals surface area contributed by atoms with Crippen molar-refractivity contribution < 1.29 is 4.79 Å². The zero-order chi connectivity index (χ0) is 19.8. The Morgan fingerprint density at radius 2 is 2.07 bits per heavy atom. The number of amides is 1. The highest BCUT2D eigenvalue weighted by Crippen LogP contribution is 2.22. The fourth-order valence-corrected chi connectivity index (χ4v) is 5.05. The lowest BCUT2D eigenvalue weighted by Crippen LogP contribution is -2.47. The van der Waals surface area contributed by atoms with Gasteiger partial charge >= 0.3 is 0 Å². The molecule has 0 spiro atoms. The number of carbonyl (C=O) groups is 1. The fraction of sp³-hybridized carbons (Fsp3) is 0.714. The lowest BCUT2D eigenvalue weighted by Gasteiger charge is -2.35. The first kappa shape index (κ1) is 24.4. The minimum absolute atomic E-state index is 0. The molecule has 3 heterocycles. The number of piperidine rings is 2. The summed E-state index contributed by atoms with van der Waals surface area (Å²) in [5, 5.41) is 5.62. The van der Waals surface area contributed by atoms with Crippen molar-refractivity contribution in [2.75, 3.05) is 39.3 Å². The van der Waals surface area contributed by atoms with Gasteiger partial charge in [-0.3, -0.25) is 14.7 Å². The Morgan fingerprint density at radius 1 is 1.28 bits per heavy atom. The van der Waals surface area contributed by atoms with E-state index in [2.05, 4.69) is 39.6 Å². The molecule has 2 saturated heterocycles. The van der Waals surface area contributed by atoms with Crippen molar-refractivity contribution in [2.45, 2.75) is 45.6 Å². The van der Waals surface area contributed by atoms with Crippen molar-refractivity contribution in [1.82, 2.24) is 15.1 Å². The van der Waals surface area contributed by atoms with Crippen molar-refractivity contribution in [2.24, 2.45) is 22.6 Å². The van der Waals surface area contributed by atoms with Crippen molar-refractivity contribution in [1.29, 1.82) is 0 Å². The fourth-order valence-electron chi connectivity index (χ4n) is 4.30. The van der Waals surface area contributed by atoms with Crippen LogP contribution in [-0.4, -0.2) is 60.9 Å². The number of nitrogens with zero attached hydrogens (tertiary/aromatic N) is 3. The third kappa shape index (κ3) is 8.05. The van der Waals surface area contributed by atoms with E-state index in [-0.39, 0.29) is 29.9 Å². The van der Waals surface area contributed by atoms with E-state index in [1.165, 1.54) is 30.8 Å². The lowest BCUT2D eigenvalue weighted by molar-refractivity contribution is -0.119. The average Bonchev–Trinajstić information content (AvgIpc) is 3.19. The number of rotatable bonds is 7. The van der Waals surface area contributed by atoms with E-state index < -0.39 is 0 Å². The van der Waals surface area contributed by atoms with Crippen LogP contribution in [0.3, 0.4) is 0 Å². The Bertz CT molecular complexity index is 631. The molecule has 29 heavy (non-hydrogen) atoms. The molecule has 1 aromatic rings. The van der Waals surface area contributed by atoms with Gasteiger partial charge < -0.3 is 16.0 Å². The minimum Gasteiger partial charge on any atom is -0.370 e. The van der Waals surface area contributed by atoms with Crippen LogP contribution in [0.2, 0.25) is 0 Å². The van der Waals surface area contributed by atoms with E-state index in [9.17, 15) is 4.79 Å². The molecule has 0 saturated carbocycles. The van der Waals surface area contributed by atoms with Gasteiger partial charge in [-0.25, -0.2) is 0 Å². The summed E-state index contributed by atoms with van der Waals surface area (Å²) in [5.74, 6) is 1.84. The number of likely N-dealkylation sites (tertiary alicyclic amines) is 2. The summed E-state index contributed by atoms with van der Waals surface area (Å²) in [7, 11) is 0. The number of nitrogens with one attached hydrogen (secondary N) is 1. The third-order valence-electron chi connectivity index (χ3n) is 5.81. The van der Waals surface area contributed by atoms with Gasteiger partial charge in [0, 0.05) is 44.0 Å². The van der Waals surface area contributed by atoms with Gasteiger partial charge in [0.15, 0.2) is 5.96 Å². The highest BCUT2D eigenvalue weighted by molar-refractivity contribution is 14.0. The van der Waals surface area contributed by atoms with Crippen LogP contribution >= 0.6 is 35.3 Å². The molecule has 6 nitrogen and oxygen atoms in total. The number of primary amides is 1. The number of carbonyl (C=O) groups excluding carboxylic acids is 1. The summed E-state index contributed by atoms with van der Waals surface area (Å²) in [6.07, 6.45) is 5.11. The summed E-state index contributed by atoms with van der Waals surface area (Å²) in [6, 6.07) is 4.37. The topological polar surface area (TPSA) is 74.0 Å². The molecule has 1 aromatic heterocycles. The van der Waals surface area contributed by atoms with Crippen molar-refractivity contribution in [3.63, 3.8) is 0 Å². The Labute approximate surface area is 196 Å². The van der Waals surface area contributed by atoms with Crippen LogP contribution in [0.4, 0.5) is 0 Å². The molecule has 3 rings (SSSR count). The van der Waals surface area contributed by atoms with Crippen molar-refractivity contribution in [3.05, 3.63) is 22.4 Å². The molecule has 2 fully saturated rings. The molecular weight excluding hydrogens is 497 g/mol. The van der Waals surface area contributed by atoms with Crippen molar-refractivity contribution >= 4 is 47.2 Å². The van der Waals surface area contributed by atoms with Gasteiger partial charge in [-0.2, -0.15) is 0 Å². The quantitative estimate of drug-likeness (QED) is 0.321. The summed E-state index contributed by atoms with van der Waals surface area (Å²) < 4.78 is 0. The number of thiophene rings is 1. The molecule has 3 N–H and O–H groups in total. The summed E-state index contributed by atoms with van der Waals surface area (Å²) in [5.41, 5.74) is 5.41. The number of hydrogen-bond donors (Lipinski definition) is 2. The van der Waals surface area contributed by atoms with E-state index >= 15 is 0 Å². The molecule has 1 unspecified atom stereocenters. The maximum Gasteiger partial charge on any atom is 0.217 e. The molecule has 1 atom stereocenters. The first-order chi connectivity index (χ1) is 13.6. The van der Waals surface area contributed by atoms with E-state index in [0.29, 0.717) is 18.3 Å².